The van der Waals surface area contributed by atoms with Crippen LogP contribution in [0.15, 0.2) is 18.2 Å². The van der Waals surface area contributed by atoms with Gasteiger partial charge in [-0.3, -0.25) is 0 Å². The molecule has 1 aliphatic heterocycles. The van der Waals surface area contributed by atoms with Gasteiger partial charge in [-0.25, -0.2) is 0 Å². The zero-order valence-corrected chi connectivity index (χ0v) is 12.6. The minimum absolute atomic E-state index is 0.232. The number of rotatable bonds is 2. The third-order valence-corrected chi connectivity index (χ3v) is 3.11. The summed E-state index contributed by atoms with van der Waals surface area (Å²) in [7, 11) is 0. The van der Waals surface area contributed by atoms with E-state index in [0.29, 0.717) is 16.3 Å². The van der Waals surface area contributed by atoms with Crippen molar-refractivity contribution in [2.45, 2.75) is 38.6 Å². The number of ether oxygens (including phenoxy) is 2. The van der Waals surface area contributed by atoms with Crippen LogP contribution in [0.1, 0.15) is 31.7 Å². The largest absolute Gasteiger partial charge is 0.464 e. The summed E-state index contributed by atoms with van der Waals surface area (Å²) in [5.74, 6) is 11.4. The molecule has 0 aromatic heterocycles. The molecule has 0 spiro atoms. The lowest BCUT2D eigenvalue weighted by molar-refractivity contribution is -0.106. The quantitative estimate of drug-likeness (QED) is 0.854. The van der Waals surface area contributed by atoms with Crippen molar-refractivity contribution in [1.82, 2.24) is 0 Å². The van der Waals surface area contributed by atoms with Gasteiger partial charge in [-0.15, -0.1) is 0 Å². The van der Waals surface area contributed by atoms with Crippen molar-refractivity contribution in [2.75, 3.05) is 6.61 Å². The monoisotopic (exact) mass is 304 g/mol. The van der Waals surface area contributed by atoms with E-state index in [-0.39, 0.29) is 6.29 Å². The molecule has 2 unspecified atom stereocenters. The molecule has 0 radical (unpaired) electrons. The molecule has 1 fully saturated rings. The molecule has 4 heteroatoms. The summed E-state index contributed by atoms with van der Waals surface area (Å²) in [5.41, 5.74) is 0.663. The molecule has 1 saturated heterocycles. The van der Waals surface area contributed by atoms with E-state index in [0.717, 1.165) is 25.9 Å². The second-order valence-electron chi connectivity index (χ2n) is 4.75. The maximum atomic E-state index is 9.06. The molecule has 0 bridgehead atoms. The summed E-state index contributed by atoms with van der Waals surface area (Å²) >= 11 is 5.99. The van der Waals surface area contributed by atoms with Gasteiger partial charge in [0.25, 0.3) is 0 Å². The average Bonchev–Trinajstić information content (AvgIpc) is 2.47. The SMILES string of the molecule is CC(O)C#CC#Cc1cc(Cl)ccc1OC1CCCCO1. The number of hydrogen-bond acceptors (Lipinski definition) is 3. The van der Waals surface area contributed by atoms with Crippen molar-refractivity contribution in [2.24, 2.45) is 0 Å². The number of aliphatic hydroxyl groups is 1. The molecule has 3 nitrogen and oxygen atoms in total. The maximum Gasteiger partial charge on any atom is 0.199 e. The van der Waals surface area contributed by atoms with Crippen LogP contribution in [0, 0.1) is 23.7 Å². The van der Waals surface area contributed by atoms with Gasteiger partial charge in [0.2, 0.25) is 0 Å². The van der Waals surface area contributed by atoms with Crippen LogP contribution in [0.25, 0.3) is 0 Å². The maximum absolute atomic E-state index is 9.06. The van der Waals surface area contributed by atoms with Gasteiger partial charge < -0.3 is 14.6 Å². The molecule has 1 N–H and O–H groups in total. The highest BCUT2D eigenvalue weighted by atomic mass is 35.5. The summed E-state index contributed by atoms with van der Waals surface area (Å²) in [6.07, 6.45) is 2.12. The first-order valence-corrected chi connectivity index (χ1v) is 7.30. The van der Waals surface area contributed by atoms with Crippen LogP contribution in [-0.4, -0.2) is 24.1 Å². The highest BCUT2D eigenvalue weighted by Crippen LogP contribution is 2.25. The van der Waals surface area contributed by atoms with E-state index in [1.165, 1.54) is 0 Å². The fourth-order valence-corrected chi connectivity index (χ4v) is 2.06. The van der Waals surface area contributed by atoms with Gasteiger partial charge in [0, 0.05) is 11.4 Å². The predicted octanol–water partition coefficient (Wildman–Crippen LogP) is 2.98. The summed E-state index contributed by atoms with van der Waals surface area (Å²) in [6.45, 7) is 2.31. The highest BCUT2D eigenvalue weighted by Gasteiger charge is 2.16. The molecule has 1 heterocycles. The molecule has 110 valence electrons. The van der Waals surface area contributed by atoms with Gasteiger partial charge >= 0.3 is 0 Å². The lowest BCUT2D eigenvalue weighted by Gasteiger charge is -2.24. The summed E-state index contributed by atoms with van der Waals surface area (Å²) in [5, 5.41) is 9.64. The average molecular weight is 305 g/mol. The second-order valence-corrected chi connectivity index (χ2v) is 5.19. The van der Waals surface area contributed by atoms with Gasteiger partial charge in [0.1, 0.15) is 11.9 Å². The Labute approximate surface area is 130 Å². The van der Waals surface area contributed by atoms with E-state index in [9.17, 15) is 0 Å². The minimum atomic E-state index is -0.690. The van der Waals surface area contributed by atoms with E-state index >= 15 is 0 Å². The van der Waals surface area contributed by atoms with Crippen molar-refractivity contribution in [3.8, 4) is 29.4 Å². The van der Waals surface area contributed by atoms with Crippen molar-refractivity contribution < 1.29 is 14.6 Å². The van der Waals surface area contributed by atoms with Crippen LogP contribution in [0.5, 0.6) is 5.75 Å². The Hall–Kier alpha value is -1.65. The molecule has 1 aliphatic rings. The number of hydrogen-bond donors (Lipinski definition) is 1. The van der Waals surface area contributed by atoms with Crippen LogP contribution >= 0.6 is 11.6 Å². The van der Waals surface area contributed by atoms with Gasteiger partial charge in [-0.1, -0.05) is 17.5 Å². The van der Waals surface area contributed by atoms with Crippen LogP contribution in [0.4, 0.5) is 0 Å². The molecule has 2 atom stereocenters. The Balaban J connectivity index is 2.15. The van der Waals surface area contributed by atoms with E-state index in [1.54, 1.807) is 25.1 Å². The van der Waals surface area contributed by atoms with Gasteiger partial charge in [-0.2, -0.15) is 0 Å². The fourth-order valence-electron chi connectivity index (χ4n) is 1.89. The summed E-state index contributed by atoms with van der Waals surface area (Å²) in [4.78, 5) is 0. The third-order valence-electron chi connectivity index (χ3n) is 2.88. The zero-order valence-electron chi connectivity index (χ0n) is 11.9. The Kier molecular flexibility index (Phi) is 5.96. The molecule has 1 aromatic carbocycles. The highest BCUT2D eigenvalue weighted by molar-refractivity contribution is 6.30. The second kappa shape index (κ2) is 7.96. The molecular formula is C17H17ClO3. The summed E-state index contributed by atoms with van der Waals surface area (Å²) in [6, 6.07) is 5.27. The van der Waals surface area contributed by atoms with Crippen molar-refractivity contribution in [3.05, 3.63) is 28.8 Å². The molecule has 21 heavy (non-hydrogen) atoms. The fraction of sp³-hybridized carbons (Fsp3) is 0.412. The van der Waals surface area contributed by atoms with Crippen LogP contribution < -0.4 is 4.74 Å². The zero-order chi connectivity index (χ0) is 15.1. The first kappa shape index (κ1) is 15.7. The molecule has 0 saturated carbocycles. The lowest BCUT2D eigenvalue weighted by Crippen LogP contribution is -2.25. The minimum Gasteiger partial charge on any atom is -0.464 e. The van der Waals surface area contributed by atoms with Gasteiger partial charge in [0.15, 0.2) is 6.29 Å². The lowest BCUT2D eigenvalue weighted by atomic mass is 10.2. The standard InChI is InChI=1S/C17H17ClO3/c1-13(19)6-2-3-7-14-12-15(18)9-10-16(14)21-17-8-4-5-11-20-17/h9-10,12-13,17,19H,4-5,8,11H2,1H3. The van der Waals surface area contributed by atoms with Gasteiger partial charge in [-0.05, 0) is 55.7 Å². The molecule has 2 rings (SSSR count). The topological polar surface area (TPSA) is 38.7 Å². The van der Waals surface area contributed by atoms with Crippen LogP contribution in [0.2, 0.25) is 5.02 Å². The first-order chi connectivity index (χ1) is 10.1. The first-order valence-electron chi connectivity index (χ1n) is 6.92. The van der Waals surface area contributed by atoms with E-state index in [4.69, 9.17) is 26.2 Å². The Morgan fingerprint density at radius 2 is 2.24 bits per heavy atom. The van der Waals surface area contributed by atoms with Gasteiger partial charge in [0.05, 0.1) is 12.2 Å². The normalized spacial score (nSPS) is 18.7. The van der Waals surface area contributed by atoms with Crippen molar-refractivity contribution in [3.63, 3.8) is 0 Å². The van der Waals surface area contributed by atoms with Crippen LogP contribution in [0.3, 0.4) is 0 Å². The van der Waals surface area contributed by atoms with Crippen molar-refractivity contribution in [1.29, 1.82) is 0 Å². The van der Waals surface area contributed by atoms with E-state index < -0.39 is 6.10 Å². The number of benzene rings is 1. The number of halogens is 1. The summed E-state index contributed by atoms with van der Waals surface area (Å²) < 4.78 is 11.4. The van der Waals surface area contributed by atoms with Crippen LogP contribution in [-0.2, 0) is 4.74 Å². The Morgan fingerprint density at radius 1 is 1.38 bits per heavy atom. The van der Waals surface area contributed by atoms with Crippen molar-refractivity contribution >= 4 is 11.6 Å². The predicted molar refractivity (Wildman–Crippen MR) is 82.0 cm³/mol. The molecule has 0 amide bonds. The number of aliphatic hydroxyl groups excluding tert-OH is 1. The van der Waals surface area contributed by atoms with E-state index in [1.807, 2.05) is 0 Å². The molecular weight excluding hydrogens is 288 g/mol. The smallest absolute Gasteiger partial charge is 0.199 e. The molecule has 0 aliphatic carbocycles. The Morgan fingerprint density at radius 3 is 2.95 bits per heavy atom. The Bertz CT molecular complexity index is 596. The third kappa shape index (κ3) is 5.33. The van der Waals surface area contributed by atoms with E-state index in [2.05, 4.69) is 23.7 Å². The molecule has 1 aromatic rings.